The van der Waals surface area contributed by atoms with Crippen LogP contribution in [0.5, 0.6) is 5.75 Å². The third kappa shape index (κ3) is 2.85. The topological polar surface area (TPSA) is 12.5 Å². The molecule has 99 valence electrons. The zero-order valence-electron chi connectivity index (χ0n) is 11.4. The number of ether oxygens (including phenoxy) is 1. The van der Waals surface area contributed by atoms with Gasteiger partial charge in [0.05, 0.1) is 17.3 Å². The number of halogens is 1. The zero-order chi connectivity index (χ0) is 13.8. The Bertz CT molecular complexity index is 566. The van der Waals surface area contributed by atoms with Crippen molar-refractivity contribution in [1.82, 2.24) is 0 Å². The third-order valence-electron chi connectivity index (χ3n) is 2.84. The molecule has 0 atom stereocenters. The Balaban J connectivity index is 2.63. The molecule has 1 radical (unpaired) electrons. The highest BCUT2D eigenvalue weighted by atomic mass is 35.5. The fourth-order valence-electron chi connectivity index (χ4n) is 2.10. The van der Waals surface area contributed by atoms with Gasteiger partial charge in [0.1, 0.15) is 5.75 Å². The summed E-state index contributed by atoms with van der Waals surface area (Å²) in [6.07, 6.45) is 0. The van der Waals surface area contributed by atoms with Crippen LogP contribution in [0.4, 0.5) is 5.69 Å². The van der Waals surface area contributed by atoms with Gasteiger partial charge in [0.15, 0.2) is 0 Å². The van der Waals surface area contributed by atoms with Crippen molar-refractivity contribution in [2.45, 2.75) is 6.92 Å². The van der Waals surface area contributed by atoms with Crippen LogP contribution >= 0.6 is 11.6 Å². The minimum atomic E-state index is 0.624. The molecule has 0 saturated carbocycles. The molecule has 2 rings (SSSR count). The second-order valence-electron chi connectivity index (χ2n) is 4.38. The first kappa shape index (κ1) is 13.8. The number of hydrogen-bond acceptors (Lipinski definition) is 2. The number of hydrogen-bond donors (Lipinski definition) is 0. The molecule has 0 N–H and O–H groups in total. The van der Waals surface area contributed by atoms with E-state index in [4.69, 9.17) is 16.3 Å². The van der Waals surface area contributed by atoms with Crippen LogP contribution in [0.1, 0.15) is 6.92 Å². The molecule has 0 unspecified atom stereocenters. The highest BCUT2D eigenvalue weighted by Gasteiger charge is 2.14. The summed E-state index contributed by atoms with van der Waals surface area (Å²) < 4.78 is 5.71. The highest BCUT2D eigenvalue weighted by Crippen LogP contribution is 2.40. The Kier molecular flexibility index (Phi) is 4.33. The van der Waals surface area contributed by atoms with Gasteiger partial charge in [-0.1, -0.05) is 41.9 Å². The largest absolute Gasteiger partial charge is 0.492 e. The number of nitrogens with zero attached hydrogens (tertiary/aromatic N) is 1. The minimum absolute atomic E-state index is 0.624. The van der Waals surface area contributed by atoms with Gasteiger partial charge >= 0.3 is 0 Å². The number of rotatable bonds is 4. The molecule has 0 aromatic heterocycles. The molecular weight excluding hydrogens is 258 g/mol. The summed E-state index contributed by atoms with van der Waals surface area (Å²) in [5.41, 5.74) is 3.05. The van der Waals surface area contributed by atoms with Gasteiger partial charge in [0.25, 0.3) is 0 Å². The van der Waals surface area contributed by atoms with Gasteiger partial charge in [0, 0.05) is 31.3 Å². The Morgan fingerprint density at radius 2 is 1.89 bits per heavy atom. The van der Waals surface area contributed by atoms with Gasteiger partial charge in [-0.05, 0) is 13.0 Å². The highest BCUT2D eigenvalue weighted by molar-refractivity contribution is 6.33. The first-order chi connectivity index (χ1) is 9.15. The molecule has 0 bridgehead atoms. The van der Waals surface area contributed by atoms with Crippen LogP contribution < -0.4 is 9.64 Å². The van der Waals surface area contributed by atoms with E-state index in [1.807, 2.05) is 62.3 Å². The average Bonchev–Trinajstić information content (AvgIpc) is 2.39. The van der Waals surface area contributed by atoms with Crippen molar-refractivity contribution in [3.63, 3.8) is 0 Å². The monoisotopic (exact) mass is 274 g/mol. The van der Waals surface area contributed by atoms with E-state index in [1.165, 1.54) is 0 Å². The molecule has 0 heterocycles. The van der Waals surface area contributed by atoms with Crippen LogP contribution in [0.15, 0.2) is 36.4 Å². The van der Waals surface area contributed by atoms with E-state index in [2.05, 4.69) is 6.07 Å². The lowest BCUT2D eigenvalue weighted by atomic mass is 10.0. The molecule has 0 aliphatic carbocycles. The van der Waals surface area contributed by atoms with E-state index < -0.39 is 0 Å². The fourth-order valence-corrected chi connectivity index (χ4v) is 2.33. The van der Waals surface area contributed by atoms with Crippen molar-refractivity contribution in [2.24, 2.45) is 0 Å². The first-order valence-electron chi connectivity index (χ1n) is 6.24. The van der Waals surface area contributed by atoms with Crippen LogP contribution in [0, 0.1) is 6.07 Å². The molecule has 0 spiro atoms. The number of anilines is 1. The van der Waals surface area contributed by atoms with E-state index in [0.29, 0.717) is 11.6 Å². The van der Waals surface area contributed by atoms with Crippen LogP contribution in [0.3, 0.4) is 0 Å². The summed E-state index contributed by atoms with van der Waals surface area (Å²) in [6, 6.07) is 14.8. The second-order valence-corrected chi connectivity index (χ2v) is 4.76. The van der Waals surface area contributed by atoms with Gasteiger partial charge in [-0.15, -0.1) is 0 Å². The maximum atomic E-state index is 6.25. The van der Waals surface area contributed by atoms with Gasteiger partial charge in [-0.25, -0.2) is 0 Å². The smallest absolute Gasteiger partial charge is 0.143 e. The molecule has 2 aromatic rings. The lowest BCUT2D eigenvalue weighted by Crippen LogP contribution is -2.12. The molecular formula is C16H17ClNO. The summed E-state index contributed by atoms with van der Waals surface area (Å²) in [5, 5.41) is 0.624. The average molecular weight is 275 g/mol. The van der Waals surface area contributed by atoms with Crippen molar-refractivity contribution < 1.29 is 4.74 Å². The minimum Gasteiger partial charge on any atom is -0.492 e. The summed E-state index contributed by atoms with van der Waals surface area (Å²) in [7, 11) is 4.00. The summed E-state index contributed by atoms with van der Waals surface area (Å²) in [6.45, 7) is 2.62. The Hall–Kier alpha value is -1.67. The molecule has 3 heteroatoms. The predicted octanol–water partition coefficient (Wildman–Crippen LogP) is 4.27. The maximum Gasteiger partial charge on any atom is 0.143 e. The fraction of sp³-hybridized carbons (Fsp3) is 0.250. The summed E-state index contributed by atoms with van der Waals surface area (Å²) in [5.74, 6) is 0.866. The second kappa shape index (κ2) is 5.98. The molecule has 0 aliphatic heterocycles. The van der Waals surface area contributed by atoms with Crippen molar-refractivity contribution in [3.05, 3.63) is 47.5 Å². The lowest BCUT2D eigenvalue weighted by molar-refractivity contribution is 0.341. The Morgan fingerprint density at radius 1 is 1.16 bits per heavy atom. The molecule has 19 heavy (non-hydrogen) atoms. The lowest BCUT2D eigenvalue weighted by Gasteiger charge is -2.21. The molecule has 0 saturated heterocycles. The molecule has 0 aliphatic rings. The normalized spacial score (nSPS) is 10.3. The maximum absolute atomic E-state index is 6.25. The van der Waals surface area contributed by atoms with Gasteiger partial charge < -0.3 is 9.64 Å². The van der Waals surface area contributed by atoms with Crippen molar-refractivity contribution >= 4 is 17.3 Å². The van der Waals surface area contributed by atoms with Gasteiger partial charge in [-0.2, -0.15) is 0 Å². The van der Waals surface area contributed by atoms with Crippen molar-refractivity contribution in [3.8, 4) is 16.9 Å². The van der Waals surface area contributed by atoms with Crippen molar-refractivity contribution in [2.75, 3.05) is 25.6 Å². The summed E-state index contributed by atoms with van der Waals surface area (Å²) in [4.78, 5) is 2.05. The summed E-state index contributed by atoms with van der Waals surface area (Å²) >= 11 is 6.25. The van der Waals surface area contributed by atoms with Crippen LogP contribution in [0.2, 0.25) is 5.02 Å². The van der Waals surface area contributed by atoms with Crippen LogP contribution in [-0.4, -0.2) is 20.7 Å². The number of para-hydroxylation sites is 1. The van der Waals surface area contributed by atoms with E-state index in [1.54, 1.807) is 0 Å². The Morgan fingerprint density at radius 3 is 2.53 bits per heavy atom. The number of benzene rings is 2. The third-order valence-corrected chi connectivity index (χ3v) is 3.15. The van der Waals surface area contributed by atoms with E-state index in [0.717, 1.165) is 22.6 Å². The molecule has 2 aromatic carbocycles. The van der Waals surface area contributed by atoms with E-state index >= 15 is 0 Å². The Labute approximate surface area is 119 Å². The van der Waals surface area contributed by atoms with Crippen LogP contribution in [0.25, 0.3) is 11.1 Å². The standard InChI is InChI=1S/C16H17ClNO/c1-4-19-15-11-7-9-13(16(15)18(2)3)12-8-5-6-10-14(12)17/h5-9,11H,4H2,1-3H3. The SMILES string of the molecule is CCOc1cccc(-c2ccc[c]c2Cl)c1N(C)C. The molecule has 0 amide bonds. The first-order valence-corrected chi connectivity index (χ1v) is 6.62. The molecule has 2 nitrogen and oxygen atoms in total. The predicted molar refractivity (Wildman–Crippen MR) is 81.2 cm³/mol. The van der Waals surface area contributed by atoms with Crippen molar-refractivity contribution in [1.29, 1.82) is 0 Å². The van der Waals surface area contributed by atoms with E-state index in [-0.39, 0.29) is 0 Å². The van der Waals surface area contributed by atoms with Crippen LogP contribution in [-0.2, 0) is 0 Å². The quantitative estimate of drug-likeness (QED) is 0.825. The zero-order valence-corrected chi connectivity index (χ0v) is 12.2. The molecule has 0 fully saturated rings. The van der Waals surface area contributed by atoms with Gasteiger partial charge in [0.2, 0.25) is 0 Å². The van der Waals surface area contributed by atoms with E-state index in [9.17, 15) is 0 Å². The van der Waals surface area contributed by atoms with Gasteiger partial charge in [-0.3, -0.25) is 0 Å².